The molecule has 1 aliphatic carbocycles. The van der Waals surface area contributed by atoms with Crippen molar-refractivity contribution >= 4 is 11.8 Å². The Kier molecular flexibility index (Phi) is 6.76. The van der Waals surface area contributed by atoms with Crippen molar-refractivity contribution in [3.8, 4) is 11.5 Å². The Balaban J connectivity index is 1.87. The molecule has 0 unspecified atom stereocenters. The van der Waals surface area contributed by atoms with Crippen molar-refractivity contribution in [3.05, 3.63) is 121 Å². The van der Waals surface area contributed by atoms with Crippen LogP contribution in [0.5, 0.6) is 11.5 Å². The van der Waals surface area contributed by atoms with E-state index in [1.165, 1.54) is 42.6 Å². The zero-order valence-corrected chi connectivity index (χ0v) is 16.6. The van der Waals surface area contributed by atoms with Crippen LogP contribution in [0.15, 0.2) is 95.0 Å². The molecule has 1 aliphatic rings. The second-order valence-corrected chi connectivity index (χ2v) is 6.59. The van der Waals surface area contributed by atoms with Gasteiger partial charge in [-0.3, -0.25) is 25.7 Å². The van der Waals surface area contributed by atoms with Gasteiger partial charge in [0.15, 0.2) is 0 Å². The largest absolute Gasteiger partial charge is 0.508 e. The number of aromatic hydroxyl groups is 2. The highest BCUT2D eigenvalue weighted by molar-refractivity contribution is 5.91. The predicted octanol–water partition coefficient (Wildman–Crippen LogP) is 3.71. The predicted molar refractivity (Wildman–Crippen MR) is 118 cm³/mol. The van der Waals surface area contributed by atoms with Crippen LogP contribution in [-0.4, -0.2) is 26.3 Å². The Morgan fingerprint density at radius 3 is 1.97 bits per heavy atom. The number of nitrogens with zero attached hydrogens (tertiary/aromatic N) is 3. The molecule has 3 N–H and O–H groups in total. The highest BCUT2D eigenvalue weighted by Gasteiger charge is 2.23. The number of phenols is 2. The van der Waals surface area contributed by atoms with E-state index < -0.39 is 15.5 Å². The number of phenolic OH excluding ortho intramolecular Hbond substituents is 2. The van der Waals surface area contributed by atoms with Gasteiger partial charge >= 0.3 is 5.70 Å². The summed E-state index contributed by atoms with van der Waals surface area (Å²) in [7, 11) is 0. The lowest BCUT2D eigenvalue weighted by Crippen LogP contribution is -2.14. The average molecular weight is 434 g/mol. The zero-order chi connectivity index (χ0) is 23.1. The van der Waals surface area contributed by atoms with Crippen LogP contribution in [0.4, 0.5) is 0 Å². The molecule has 0 atom stereocenters. The number of hydrogen-bond acceptors (Lipinski definition) is 8. The van der Waals surface area contributed by atoms with Crippen LogP contribution >= 0.6 is 0 Å². The third kappa shape index (κ3) is 5.45. The van der Waals surface area contributed by atoms with Crippen molar-refractivity contribution in [2.24, 2.45) is 5.10 Å². The first kappa shape index (κ1) is 22.0. The van der Waals surface area contributed by atoms with Crippen LogP contribution in [-0.2, 0) is 0 Å². The number of hydrazone groups is 1. The van der Waals surface area contributed by atoms with Crippen molar-refractivity contribution in [1.29, 1.82) is 0 Å². The van der Waals surface area contributed by atoms with Gasteiger partial charge in [0.2, 0.25) is 0 Å². The molecule has 2 aromatic carbocycles. The molecule has 10 heteroatoms. The monoisotopic (exact) mass is 434 g/mol. The molecule has 162 valence electrons. The van der Waals surface area contributed by atoms with E-state index in [4.69, 9.17) is 0 Å². The van der Waals surface area contributed by atoms with Crippen LogP contribution in [0, 0.1) is 20.2 Å². The van der Waals surface area contributed by atoms with Gasteiger partial charge in [0.25, 0.3) is 5.70 Å². The van der Waals surface area contributed by atoms with Crippen LogP contribution in [0.25, 0.3) is 5.57 Å². The minimum absolute atomic E-state index is 0.0311. The highest BCUT2D eigenvalue weighted by atomic mass is 16.6. The van der Waals surface area contributed by atoms with Gasteiger partial charge in [-0.2, -0.15) is 5.10 Å². The quantitative estimate of drug-likeness (QED) is 0.341. The Morgan fingerprint density at radius 2 is 1.47 bits per heavy atom. The smallest absolute Gasteiger partial charge is 0.300 e. The Morgan fingerprint density at radius 1 is 0.906 bits per heavy atom. The normalized spacial score (nSPS) is 13.4. The van der Waals surface area contributed by atoms with E-state index in [0.717, 1.165) is 17.2 Å². The maximum absolute atomic E-state index is 11.4. The van der Waals surface area contributed by atoms with Crippen LogP contribution in [0.2, 0.25) is 0 Å². The summed E-state index contributed by atoms with van der Waals surface area (Å²) >= 11 is 0. The zero-order valence-electron chi connectivity index (χ0n) is 16.6. The van der Waals surface area contributed by atoms with Crippen molar-refractivity contribution < 1.29 is 20.1 Å². The van der Waals surface area contributed by atoms with Crippen molar-refractivity contribution in [1.82, 2.24) is 5.43 Å². The molecule has 0 aliphatic heterocycles. The fourth-order valence-corrected chi connectivity index (χ4v) is 2.92. The maximum Gasteiger partial charge on any atom is 0.300 e. The molecule has 0 spiro atoms. The minimum atomic E-state index is -0.717. The number of hydrogen-bond donors (Lipinski definition) is 3. The number of allylic oxidation sites excluding steroid dienone is 4. The SMILES string of the molecule is O=[N+]([O-])C1=CCC=C(N/N=C/C=C(c2ccc(O)cc2)c2ccc(O)cc2)C([N+](=O)[O-])=C1. The molecule has 3 rings (SSSR count). The molecule has 0 amide bonds. The van der Waals surface area contributed by atoms with Crippen molar-refractivity contribution in [2.75, 3.05) is 0 Å². The van der Waals surface area contributed by atoms with Crippen molar-refractivity contribution in [3.63, 3.8) is 0 Å². The standard InChI is InChI=1S/C22H18N4O6/c27-18-8-4-15(5-9-18)20(16-6-10-19(28)11-7-16)12-13-23-24-21-3-1-2-17(25(29)30)14-22(21)26(31)32/h2-14,24,27-28H,1H2/b23-13+. The second kappa shape index (κ2) is 9.85. The summed E-state index contributed by atoms with van der Waals surface area (Å²) in [6, 6.07) is 13.0. The molecule has 0 radical (unpaired) electrons. The number of nitrogens with one attached hydrogen (secondary N) is 1. The average Bonchev–Trinajstić information content (AvgIpc) is 2.98. The van der Waals surface area contributed by atoms with E-state index in [9.17, 15) is 30.4 Å². The van der Waals surface area contributed by atoms with Gasteiger partial charge in [0.05, 0.1) is 15.9 Å². The molecule has 0 saturated carbocycles. The van der Waals surface area contributed by atoms with Crippen LogP contribution in [0.3, 0.4) is 0 Å². The summed E-state index contributed by atoms with van der Waals surface area (Å²) in [6.07, 6.45) is 6.77. The third-order valence-corrected chi connectivity index (χ3v) is 4.47. The van der Waals surface area contributed by atoms with Crippen molar-refractivity contribution in [2.45, 2.75) is 6.42 Å². The summed E-state index contributed by atoms with van der Waals surface area (Å²) in [6.45, 7) is 0. The summed E-state index contributed by atoms with van der Waals surface area (Å²) in [5.74, 6) is 0.215. The third-order valence-electron chi connectivity index (χ3n) is 4.47. The fourth-order valence-electron chi connectivity index (χ4n) is 2.92. The maximum atomic E-state index is 11.4. The highest BCUT2D eigenvalue weighted by Crippen LogP contribution is 2.26. The molecule has 2 aromatic rings. The first-order valence-electron chi connectivity index (χ1n) is 9.34. The summed E-state index contributed by atoms with van der Waals surface area (Å²) in [5, 5.41) is 45.4. The van der Waals surface area contributed by atoms with E-state index >= 15 is 0 Å². The van der Waals surface area contributed by atoms with Gasteiger partial charge in [-0.25, -0.2) is 0 Å². The Bertz CT molecular complexity index is 1130. The molecule has 0 bridgehead atoms. The van der Waals surface area contributed by atoms with Gasteiger partial charge in [-0.05, 0) is 65.6 Å². The molecule has 0 aromatic heterocycles. The Hall–Kier alpha value is -4.73. The lowest BCUT2D eigenvalue weighted by Gasteiger charge is -2.08. The number of benzene rings is 2. The van der Waals surface area contributed by atoms with E-state index in [1.54, 1.807) is 30.3 Å². The molecule has 0 heterocycles. The molecule has 32 heavy (non-hydrogen) atoms. The first-order valence-corrected chi connectivity index (χ1v) is 9.34. The van der Waals surface area contributed by atoms with E-state index in [-0.39, 0.29) is 29.3 Å². The van der Waals surface area contributed by atoms with Crippen LogP contribution in [0.1, 0.15) is 17.5 Å². The van der Waals surface area contributed by atoms with E-state index in [0.29, 0.717) is 5.57 Å². The fraction of sp³-hybridized carbons (Fsp3) is 0.0455. The van der Waals surface area contributed by atoms with E-state index in [2.05, 4.69) is 10.5 Å². The lowest BCUT2D eigenvalue weighted by atomic mass is 9.97. The molecular weight excluding hydrogens is 416 g/mol. The van der Waals surface area contributed by atoms with Crippen LogP contribution < -0.4 is 5.43 Å². The summed E-state index contributed by atoms with van der Waals surface area (Å²) < 4.78 is 0. The topological polar surface area (TPSA) is 151 Å². The minimum Gasteiger partial charge on any atom is -0.508 e. The second-order valence-electron chi connectivity index (χ2n) is 6.59. The van der Waals surface area contributed by atoms with Gasteiger partial charge in [0.1, 0.15) is 17.2 Å². The van der Waals surface area contributed by atoms with Gasteiger partial charge in [-0.1, -0.05) is 24.3 Å². The number of nitro groups is 2. The van der Waals surface area contributed by atoms with Gasteiger partial charge in [0, 0.05) is 6.21 Å². The molecule has 0 saturated heterocycles. The lowest BCUT2D eigenvalue weighted by molar-refractivity contribution is -0.431. The molecule has 0 fully saturated rings. The summed E-state index contributed by atoms with van der Waals surface area (Å²) in [5.41, 5.74) is 4.01. The Labute approximate surface area is 182 Å². The molecule has 10 nitrogen and oxygen atoms in total. The first-order chi connectivity index (χ1) is 15.3. The molecular formula is C22H18N4O6. The summed E-state index contributed by atoms with van der Waals surface area (Å²) in [4.78, 5) is 20.9. The number of rotatable bonds is 7. The van der Waals surface area contributed by atoms with E-state index in [1.807, 2.05) is 0 Å². The van der Waals surface area contributed by atoms with Gasteiger partial charge in [-0.15, -0.1) is 0 Å². The van der Waals surface area contributed by atoms with Gasteiger partial charge < -0.3 is 10.2 Å².